The van der Waals surface area contributed by atoms with Gasteiger partial charge in [-0.05, 0) is 18.2 Å². The third-order valence-electron chi connectivity index (χ3n) is 3.32. The van der Waals surface area contributed by atoms with Gasteiger partial charge in [0.05, 0.1) is 27.5 Å². The van der Waals surface area contributed by atoms with Crippen LogP contribution < -0.4 is 0 Å². The Hall–Kier alpha value is -2.54. The van der Waals surface area contributed by atoms with E-state index in [1.54, 1.807) is 12.1 Å². The number of aromatic nitrogens is 1. The molecule has 7 heteroatoms. The zero-order valence-electron chi connectivity index (χ0n) is 10.4. The quantitative estimate of drug-likeness (QED) is 0.649. The molecule has 0 bridgehead atoms. The molecular formula is C13H11N3O4. The van der Waals surface area contributed by atoms with E-state index in [2.05, 4.69) is 4.98 Å². The summed E-state index contributed by atoms with van der Waals surface area (Å²) in [4.78, 5) is 28.3. The standard InChI is InChI=1S/C13H11N3O4/c17-8-6-15(7-8)13(18)10-3-4-11(16(19)20)9-2-1-5-14-12(9)10/h1-5,8,17H,6-7H2. The van der Waals surface area contributed by atoms with Crippen molar-refractivity contribution >= 4 is 22.5 Å². The molecule has 0 saturated carbocycles. The second-order valence-corrected chi connectivity index (χ2v) is 4.65. The molecule has 0 unspecified atom stereocenters. The number of carbonyl (C=O) groups excluding carboxylic acids is 1. The third-order valence-corrected chi connectivity index (χ3v) is 3.32. The van der Waals surface area contributed by atoms with Crippen LogP contribution in [0.15, 0.2) is 30.5 Å². The average Bonchev–Trinajstić information content (AvgIpc) is 2.41. The van der Waals surface area contributed by atoms with Crippen molar-refractivity contribution in [2.45, 2.75) is 6.10 Å². The highest BCUT2D eigenvalue weighted by atomic mass is 16.6. The van der Waals surface area contributed by atoms with Crippen LogP contribution in [0.3, 0.4) is 0 Å². The SMILES string of the molecule is O=C(c1ccc([N+](=O)[O-])c2cccnc12)N1CC(O)C1. The molecule has 1 aliphatic heterocycles. The van der Waals surface area contributed by atoms with Crippen LogP contribution in [0.4, 0.5) is 5.69 Å². The predicted molar refractivity (Wildman–Crippen MR) is 70.3 cm³/mol. The third kappa shape index (κ3) is 1.88. The van der Waals surface area contributed by atoms with Crippen LogP contribution in [0.1, 0.15) is 10.4 Å². The van der Waals surface area contributed by atoms with Crippen LogP contribution in [0.5, 0.6) is 0 Å². The maximum atomic E-state index is 12.3. The second kappa shape index (κ2) is 4.53. The van der Waals surface area contributed by atoms with Crippen molar-refractivity contribution in [3.05, 3.63) is 46.1 Å². The number of benzene rings is 1. The van der Waals surface area contributed by atoms with Crippen molar-refractivity contribution in [1.29, 1.82) is 0 Å². The molecule has 1 saturated heterocycles. The molecule has 0 aliphatic carbocycles. The lowest BCUT2D eigenvalue weighted by Gasteiger charge is -2.35. The van der Waals surface area contributed by atoms with Crippen molar-refractivity contribution in [3.63, 3.8) is 0 Å². The molecule has 7 nitrogen and oxygen atoms in total. The first-order valence-corrected chi connectivity index (χ1v) is 6.07. The summed E-state index contributed by atoms with van der Waals surface area (Å²) in [6.45, 7) is 0.564. The Morgan fingerprint density at radius 3 is 2.80 bits per heavy atom. The molecule has 20 heavy (non-hydrogen) atoms. The molecule has 1 N–H and O–H groups in total. The minimum atomic E-state index is -0.494. The Kier molecular flexibility index (Phi) is 2.83. The summed E-state index contributed by atoms with van der Waals surface area (Å²) in [7, 11) is 0. The number of nitrogens with zero attached hydrogens (tertiary/aromatic N) is 3. The first kappa shape index (κ1) is 12.5. The number of hydrogen-bond acceptors (Lipinski definition) is 5. The summed E-state index contributed by atoms with van der Waals surface area (Å²) in [5.74, 6) is -0.270. The van der Waals surface area contributed by atoms with Gasteiger partial charge in [0.15, 0.2) is 0 Å². The summed E-state index contributed by atoms with van der Waals surface area (Å²) in [6.07, 6.45) is 1.00. The van der Waals surface area contributed by atoms with Crippen molar-refractivity contribution in [2.24, 2.45) is 0 Å². The summed E-state index contributed by atoms with van der Waals surface area (Å²) in [5, 5.41) is 20.6. The molecule has 0 atom stereocenters. The van der Waals surface area contributed by atoms with Crippen LogP contribution in [-0.4, -0.2) is 45.0 Å². The first-order valence-electron chi connectivity index (χ1n) is 6.07. The van der Waals surface area contributed by atoms with Gasteiger partial charge in [0.1, 0.15) is 0 Å². The molecule has 3 rings (SSSR count). The number of aliphatic hydroxyl groups excluding tert-OH is 1. The average molecular weight is 273 g/mol. The summed E-state index contributed by atoms with van der Waals surface area (Å²) in [5.41, 5.74) is 0.555. The van der Waals surface area contributed by atoms with Crippen molar-refractivity contribution in [3.8, 4) is 0 Å². The fraction of sp³-hybridized carbons (Fsp3) is 0.231. The van der Waals surface area contributed by atoms with Gasteiger partial charge >= 0.3 is 0 Å². The molecule has 1 fully saturated rings. The number of rotatable bonds is 2. The van der Waals surface area contributed by atoms with Crippen molar-refractivity contribution in [2.75, 3.05) is 13.1 Å². The highest BCUT2D eigenvalue weighted by Gasteiger charge is 2.31. The zero-order valence-corrected chi connectivity index (χ0v) is 10.4. The molecule has 1 amide bonds. The normalized spacial score (nSPS) is 15.2. The number of aliphatic hydroxyl groups is 1. The van der Waals surface area contributed by atoms with Gasteiger partial charge in [-0.15, -0.1) is 0 Å². The van der Waals surface area contributed by atoms with Crippen LogP contribution in [0.2, 0.25) is 0 Å². The van der Waals surface area contributed by atoms with E-state index >= 15 is 0 Å². The van der Waals surface area contributed by atoms with Gasteiger partial charge in [0.2, 0.25) is 0 Å². The van der Waals surface area contributed by atoms with Gasteiger partial charge in [0.25, 0.3) is 11.6 Å². The van der Waals surface area contributed by atoms with E-state index < -0.39 is 11.0 Å². The Morgan fingerprint density at radius 1 is 1.40 bits per heavy atom. The Morgan fingerprint density at radius 2 is 2.15 bits per heavy atom. The lowest BCUT2D eigenvalue weighted by molar-refractivity contribution is -0.383. The number of nitro benzene ring substituents is 1. The minimum Gasteiger partial charge on any atom is -0.389 e. The molecular weight excluding hydrogens is 262 g/mol. The van der Waals surface area contributed by atoms with E-state index in [0.717, 1.165) is 0 Å². The van der Waals surface area contributed by atoms with Gasteiger partial charge in [-0.1, -0.05) is 0 Å². The number of fused-ring (bicyclic) bond motifs is 1. The Bertz CT molecular complexity index is 710. The number of amides is 1. The lowest BCUT2D eigenvalue weighted by atomic mass is 10.0. The van der Waals surface area contributed by atoms with Gasteiger partial charge in [-0.2, -0.15) is 0 Å². The van der Waals surface area contributed by atoms with E-state index in [1.807, 2.05) is 0 Å². The molecule has 1 aromatic heterocycles. The highest BCUT2D eigenvalue weighted by molar-refractivity contribution is 6.07. The number of nitro groups is 1. The maximum absolute atomic E-state index is 12.3. The summed E-state index contributed by atoms with van der Waals surface area (Å²) >= 11 is 0. The largest absolute Gasteiger partial charge is 0.389 e. The van der Waals surface area contributed by atoms with Gasteiger partial charge in [0, 0.05) is 25.4 Å². The topological polar surface area (TPSA) is 96.6 Å². The molecule has 1 aliphatic rings. The number of likely N-dealkylation sites (tertiary alicyclic amines) is 1. The fourth-order valence-electron chi connectivity index (χ4n) is 2.28. The van der Waals surface area contributed by atoms with Crippen LogP contribution in [0, 0.1) is 10.1 Å². The summed E-state index contributed by atoms with van der Waals surface area (Å²) in [6, 6.07) is 5.90. The Balaban J connectivity index is 2.11. The first-order chi connectivity index (χ1) is 9.58. The zero-order chi connectivity index (χ0) is 14.3. The number of β-amino-alcohol motifs (C(OH)–C–C–N with tert-alkyl or cyclic N) is 1. The van der Waals surface area contributed by atoms with Gasteiger partial charge in [-0.25, -0.2) is 0 Å². The lowest BCUT2D eigenvalue weighted by Crippen LogP contribution is -2.53. The number of pyridine rings is 1. The maximum Gasteiger partial charge on any atom is 0.278 e. The van der Waals surface area contributed by atoms with Crippen molar-refractivity contribution in [1.82, 2.24) is 9.88 Å². The Labute approximate surface area is 113 Å². The number of carbonyl (C=O) groups is 1. The molecule has 0 radical (unpaired) electrons. The smallest absolute Gasteiger partial charge is 0.278 e. The number of non-ortho nitro benzene ring substituents is 1. The van der Waals surface area contributed by atoms with E-state index in [9.17, 15) is 20.0 Å². The van der Waals surface area contributed by atoms with E-state index in [0.29, 0.717) is 16.5 Å². The van der Waals surface area contributed by atoms with Crippen LogP contribution in [0.25, 0.3) is 10.9 Å². The fourth-order valence-corrected chi connectivity index (χ4v) is 2.28. The van der Waals surface area contributed by atoms with Crippen molar-refractivity contribution < 1.29 is 14.8 Å². The molecule has 2 aromatic rings. The number of hydrogen-bond donors (Lipinski definition) is 1. The second-order valence-electron chi connectivity index (χ2n) is 4.65. The molecule has 0 spiro atoms. The van der Waals surface area contributed by atoms with Crippen LogP contribution >= 0.6 is 0 Å². The van der Waals surface area contributed by atoms with E-state index in [4.69, 9.17) is 0 Å². The van der Waals surface area contributed by atoms with Gasteiger partial charge < -0.3 is 10.0 Å². The summed E-state index contributed by atoms with van der Waals surface area (Å²) < 4.78 is 0. The van der Waals surface area contributed by atoms with E-state index in [-0.39, 0.29) is 24.7 Å². The van der Waals surface area contributed by atoms with Gasteiger partial charge in [-0.3, -0.25) is 19.9 Å². The molecule has 102 valence electrons. The monoisotopic (exact) mass is 273 g/mol. The molecule has 1 aromatic carbocycles. The van der Waals surface area contributed by atoms with E-state index in [1.165, 1.54) is 23.2 Å². The predicted octanol–water partition coefficient (Wildman–Crippen LogP) is 0.960. The van der Waals surface area contributed by atoms with Crippen LogP contribution in [-0.2, 0) is 0 Å². The highest BCUT2D eigenvalue weighted by Crippen LogP contribution is 2.28. The minimum absolute atomic E-state index is 0.0757. The molecule has 2 heterocycles.